The van der Waals surface area contributed by atoms with Crippen LogP contribution in [0.1, 0.15) is 21.7 Å². The van der Waals surface area contributed by atoms with E-state index in [-0.39, 0.29) is 35.0 Å². The Kier molecular flexibility index (Phi) is 8.10. The monoisotopic (exact) mass is 616 g/mol. The molecular formula is C27H21ClF4N8O3. The zero-order chi connectivity index (χ0) is 30.9. The number of pyridine rings is 1. The smallest absolute Gasteiger partial charge is 0.382 e. The van der Waals surface area contributed by atoms with E-state index in [9.17, 15) is 32.3 Å². The topological polar surface area (TPSA) is 133 Å². The largest absolute Gasteiger partial charge is 0.416 e. The van der Waals surface area contributed by atoms with Crippen molar-refractivity contribution in [1.82, 2.24) is 34.1 Å². The van der Waals surface area contributed by atoms with Crippen LogP contribution in [-0.2, 0) is 13.1 Å². The third-order valence-electron chi connectivity index (χ3n) is 6.26. The molecule has 0 radical (unpaired) electrons. The predicted molar refractivity (Wildman–Crippen MR) is 146 cm³/mol. The molecule has 0 unspecified atom stereocenters. The molecule has 16 heteroatoms. The van der Waals surface area contributed by atoms with Crippen LogP contribution in [0, 0.1) is 12.9 Å². The fourth-order valence-electron chi connectivity index (χ4n) is 4.11. The highest BCUT2D eigenvalue weighted by atomic mass is 35.5. The number of aliphatic hydroxyl groups excluding tert-OH is 1. The van der Waals surface area contributed by atoms with Gasteiger partial charge >= 0.3 is 11.9 Å². The summed E-state index contributed by atoms with van der Waals surface area (Å²) in [6.45, 7) is 0.0817. The third kappa shape index (κ3) is 6.47. The number of alkyl halides is 3. The van der Waals surface area contributed by atoms with Crippen LogP contribution in [0.25, 0.3) is 17.1 Å². The molecule has 3 aromatic heterocycles. The highest BCUT2D eigenvalue weighted by Crippen LogP contribution is 2.24. The SMILES string of the molecule is Cc1cc(NC(=O)c2ccccc2-n2cnc(Cn3nc(-c4ccc(Cl)cc4)n(C[C@H](O)C(F)(F)F)c3=O)n2)cnc1F. The molecule has 0 aliphatic rings. The van der Waals surface area contributed by atoms with Crippen molar-refractivity contribution in [2.24, 2.45) is 0 Å². The number of para-hydroxylation sites is 1. The summed E-state index contributed by atoms with van der Waals surface area (Å²) in [6, 6.07) is 13.8. The molecule has 11 nitrogen and oxygen atoms in total. The zero-order valence-corrected chi connectivity index (χ0v) is 22.9. The second-order valence-corrected chi connectivity index (χ2v) is 9.78. The minimum absolute atomic E-state index is 0.0550. The molecule has 0 bridgehead atoms. The summed E-state index contributed by atoms with van der Waals surface area (Å²) in [6.07, 6.45) is -5.31. The van der Waals surface area contributed by atoms with E-state index in [4.69, 9.17) is 11.6 Å². The highest BCUT2D eigenvalue weighted by molar-refractivity contribution is 6.30. The Balaban J connectivity index is 1.44. The Morgan fingerprint density at radius 3 is 2.51 bits per heavy atom. The van der Waals surface area contributed by atoms with Crippen molar-refractivity contribution in [2.75, 3.05) is 5.32 Å². The maximum atomic E-state index is 13.5. The molecule has 0 aliphatic heterocycles. The summed E-state index contributed by atoms with van der Waals surface area (Å²) in [5.74, 6) is -1.27. The molecular weight excluding hydrogens is 596 g/mol. The number of nitrogens with zero attached hydrogens (tertiary/aromatic N) is 7. The summed E-state index contributed by atoms with van der Waals surface area (Å²) < 4.78 is 55.8. The number of benzene rings is 2. The lowest BCUT2D eigenvalue weighted by molar-refractivity contribution is -0.207. The van der Waals surface area contributed by atoms with E-state index in [0.29, 0.717) is 20.8 Å². The Labute approximate surface area is 245 Å². The van der Waals surface area contributed by atoms with Crippen LogP contribution in [0.5, 0.6) is 0 Å². The molecule has 2 aromatic carbocycles. The minimum atomic E-state index is -4.97. The number of carbonyl (C=O) groups is 1. The van der Waals surface area contributed by atoms with Crippen LogP contribution in [0.4, 0.5) is 23.2 Å². The molecule has 43 heavy (non-hydrogen) atoms. The molecule has 0 spiro atoms. The fourth-order valence-corrected chi connectivity index (χ4v) is 4.23. The van der Waals surface area contributed by atoms with Gasteiger partial charge in [-0.15, -0.1) is 10.2 Å². The van der Waals surface area contributed by atoms with E-state index < -0.39 is 36.4 Å². The molecule has 0 saturated carbocycles. The molecule has 5 rings (SSSR count). The number of hydrogen-bond acceptors (Lipinski definition) is 7. The standard InChI is InChI=1S/C27H21ClF4N8O3/c1-15-10-18(11-33-23(15)29)35-25(42)19-4-2-3-5-20(19)40-14-34-22(36-40)13-39-26(43)38(12-21(41)27(30,31)32)24(37-39)16-6-8-17(28)9-7-16/h2-11,14,21,41H,12-13H2,1H3,(H,35,42)/t21-/m0/s1. The van der Waals surface area contributed by atoms with Crippen LogP contribution in [-0.4, -0.2) is 57.4 Å². The number of aromatic nitrogens is 7. The summed E-state index contributed by atoms with van der Waals surface area (Å²) in [7, 11) is 0. The Morgan fingerprint density at radius 1 is 1.09 bits per heavy atom. The molecule has 222 valence electrons. The first kappa shape index (κ1) is 29.6. The normalized spacial score (nSPS) is 12.3. The van der Waals surface area contributed by atoms with Gasteiger partial charge in [-0.25, -0.2) is 24.1 Å². The van der Waals surface area contributed by atoms with E-state index in [1.54, 1.807) is 18.2 Å². The van der Waals surface area contributed by atoms with Gasteiger partial charge in [0.2, 0.25) is 5.95 Å². The molecule has 0 fully saturated rings. The van der Waals surface area contributed by atoms with Crippen LogP contribution in [0.2, 0.25) is 5.02 Å². The summed E-state index contributed by atoms with van der Waals surface area (Å²) in [4.78, 5) is 34.0. The first-order chi connectivity index (χ1) is 20.4. The van der Waals surface area contributed by atoms with Gasteiger partial charge in [0.25, 0.3) is 5.91 Å². The van der Waals surface area contributed by atoms with Gasteiger partial charge in [0.15, 0.2) is 17.8 Å². The molecule has 1 amide bonds. The number of carbonyl (C=O) groups excluding carboxylic acids is 1. The number of hydrogen-bond donors (Lipinski definition) is 2. The molecule has 3 heterocycles. The molecule has 0 saturated heterocycles. The van der Waals surface area contributed by atoms with E-state index in [2.05, 4.69) is 25.5 Å². The fraction of sp³-hybridized carbons (Fsp3) is 0.185. The first-order valence-electron chi connectivity index (χ1n) is 12.5. The second kappa shape index (κ2) is 11.8. The summed E-state index contributed by atoms with van der Waals surface area (Å²) in [5, 5.41) is 21.2. The molecule has 0 aliphatic carbocycles. The lowest BCUT2D eigenvalue weighted by Crippen LogP contribution is -2.37. The number of halogens is 5. The van der Waals surface area contributed by atoms with Crippen molar-refractivity contribution in [2.45, 2.75) is 32.3 Å². The van der Waals surface area contributed by atoms with Gasteiger partial charge in [0.1, 0.15) is 12.9 Å². The van der Waals surface area contributed by atoms with Crippen molar-refractivity contribution < 1.29 is 27.5 Å². The van der Waals surface area contributed by atoms with Gasteiger partial charge in [-0.2, -0.15) is 17.6 Å². The number of nitrogens with one attached hydrogen (secondary N) is 1. The van der Waals surface area contributed by atoms with E-state index in [0.717, 1.165) is 4.68 Å². The lowest BCUT2D eigenvalue weighted by atomic mass is 10.1. The van der Waals surface area contributed by atoms with Gasteiger partial charge in [0, 0.05) is 16.1 Å². The maximum absolute atomic E-state index is 13.5. The average molecular weight is 617 g/mol. The number of aliphatic hydroxyl groups is 1. The van der Waals surface area contributed by atoms with Crippen LogP contribution in [0.15, 0.2) is 71.9 Å². The number of amides is 1. The van der Waals surface area contributed by atoms with Crippen LogP contribution >= 0.6 is 11.6 Å². The van der Waals surface area contributed by atoms with Crippen molar-refractivity contribution in [3.05, 3.63) is 106 Å². The lowest BCUT2D eigenvalue weighted by Gasteiger charge is -2.15. The van der Waals surface area contributed by atoms with E-state index in [1.165, 1.54) is 60.5 Å². The minimum Gasteiger partial charge on any atom is -0.382 e. The average Bonchev–Trinajstić information content (AvgIpc) is 3.55. The van der Waals surface area contributed by atoms with Gasteiger partial charge in [-0.3, -0.25) is 9.36 Å². The molecule has 2 N–H and O–H groups in total. The van der Waals surface area contributed by atoms with Crippen molar-refractivity contribution in [3.63, 3.8) is 0 Å². The quantitative estimate of drug-likeness (QED) is 0.199. The van der Waals surface area contributed by atoms with E-state index in [1.807, 2.05) is 0 Å². The Bertz CT molecular complexity index is 1850. The molecule has 1 atom stereocenters. The molecule has 5 aromatic rings. The summed E-state index contributed by atoms with van der Waals surface area (Å²) >= 11 is 5.92. The van der Waals surface area contributed by atoms with Crippen molar-refractivity contribution in [1.29, 1.82) is 0 Å². The van der Waals surface area contributed by atoms with Gasteiger partial charge in [0.05, 0.1) is 29.7 Å². The Hall–Kier alpha value is -4.89. The number of aryl methyl sites for hydroxylation is 1. The van der Waals surface area contributed by atoms with Crippen LogP contribution < -0.4 is 11.0 Å². The van der Waals surface area contributed by atoms with E-state index >= 15 is 0 Å². The van der Waals surface area contributed by atoms with Gasteiger partial charge < -0.3 is 10.4 Å². The van der Waals surface area contributed by atoms with Crippen LogP contribution in [0.3, 0.4) is 0 Å². The van der Waals surface area contributed by atoms with Gasteiger partial charge in [-0.1, -0.05) is 23.7 Å². The first-order valence-corrected chi connectivity index (χ1v) is 12.9. The Morgan fingerprint density at radius 2 is 1.81 bits per heavy atom. The van der Waals surface area contributed by atoms with Crippen molar-refractivity contribution in [3.8, 4) is 17.1 Å². The third-order valence-corrected chi connectivity index (χ3v) is 6.51. The predicted octanol–water partition coefficient (Wildman–Crippen LogP) is 4.01. The second-order valence-electron chi connectivity index (χ2n) is 9.35. The van der Waals surface area contributed by atoms with Gasteiger partial charge in [-0.05, 0) is 49.4 Å². The number of rotatable bonds is 8. The highest BCUT2D eigenvalue weighted by Gasteiger charge is 2.39. The zero-order valence-electron chi connectivity index (χ0n) is 22.1. The number of anilines is 1. The van der Waals surface area contributed by atoms with Crippen molar-refractivity contribution >= 4 is 23.2 Å². The maximum Gasteiger partial charge on any atom is 0.416 e. The summed E-state index contributed by atoms with van der Waals surface area (Å²) in [5.41, 5.74) is 0.385.